The predicted molar refractivity (Wildman–Crippen MR) is 184 cm³/mol. The number of hydrogen-bond donors (Lipinski definition) is 1. The van der Waals surface area contributed by atoms with E-state index in [1.54, 1.807) is 35.2 Å². The quantitative estimate of drug-likeness (QED) is 0.115. The van der Waals surface area contributed by atoms with Gasteiger partial charge in [-0.1, -0.05) is 38.5 Å². The summed E-state index contributed by atoms with van der Waals surface area (Å²) in [7, 11) is 1.83. The summed E-state index contributed by atoms with van der Waals surface area (Å²) in [4.78, 5) is 16.5. The van der Waals surface area contributed by atoms with Gasteiger partial charge in [0.1, 0.15) is 18.7 Å². The third kappa shape index (κ3) is 8.78. The predicted octanol–water partition coefficient (Wildman–Crippen LogP) is 6.63. The topological polar surface area (TPSA) is 105 Å². The molecule has 9 nitrogen and oxygen atoms in total. The molecule has 1 unspecified atom stereocenters. The van der Waals surface area contributed by atoms with Crippen molar-refractivity contribution in [3.05, 3.63) is 90.0 Å². The van der Waals surface area contributed by atoms with Gasteiger partial charge in [-0.15, -0.1) is 10.2 Å². The van der Waals surface area contributed by atoms with Crippen LogP contribution in [0.1, 0.15) is 50.9 Å². The Bertz CT molecular complexity index is 1600. The lowest BCUT2D eigenvalue weighted by Crippen LogP contribution is -2.26. The lowest BCUT2D eigenvalue weighted by molar-refractivity contribution is -0.112. The lowest BCUT2D eigenvalue weighted by Gasteiger charge is -2.25. The fraction of sp³-hybridized carbons (Fsp3) is 0.361. The average molecular weight is 642 g/mol. The first-order chi connectivity index (χ1) is 22.4. The van der Waals surface area contributed by atoms with E-state index in [-0.39, 0.29) is 11.7 Å². The first-order valence-corrected chi connectivity index (χ1v) is 17.3. The number of nitrogens with one attached hydrogen (secondary N) is 1. The summed E-state index contributed by atoms with van der Waals surface area (Å²) in [5.74, 6) is 1.61. The number of hydrogen-bond acceptors (Lipinski definition) is 7. The van der Waals surface area contributed by atoms with Gasteiger partial charge < -0.3 is 28.8 Å². The molecular formula is C36H43N5O4S. The van der Waals surface area contributed by atoms with Crippen LogP contribution in [0.5, 0.6) is 5.75 Å². The molecule has 1 aliphatic rings. The van der Waals surface area contributed by atoms with Crippen LogP contribution >= 0.6 is 0 Å². The number of aryl methyl sites for hydroxylation is 1. The molecule has 0 saturated carbocycles. The second kappa shape index (κ2) is 16.4. The van der Waals surface area contributed by atoms with Crippen molar-refractivity contribution < 1.29 is 18.8 Å². The van der Waals surface area contributed by atoms with E-state index in [1.807, 2.05) is 25.3 Å². The normalized spacial score (nSPS) is 13.5. The fourth-order valence-electron chi connectivity index (χ4n) is 5.30. The number of anilines is 2. The van der Waals surface area contributed by atoms with Crippen molar-refractivity contribution in [3.8, 4) is 16.9 Å². The molecule has 4 aromatic rings. The van der Waals surface area contributed by atoms with Gasteiger partial charge in [-0.25, -0.2) is 0 Å². The minimum Gasteiger partial charge on any atom is -0.611 e. The van der Waals surface area contributed by atoms with E-state index in [4.69, 9.17) is 9.47 Å². The average Bonchev–Trinajstić information content (AvgIpc) is 3.38. The number of carbonyl (C=O) groups excluding carboxylic acids is 1. The Morgan fingerprint density at radius 2 is 1.76 bits per heavy atom. The maximum absolute atomic E-state index is 13.5. The Balaban J connectivity index is 1.27. The van der Waals surface area contributed by atoms with Crippen LogP contribution in [0.3, 0.4) is 0 Å². The summed E-state index contributed by atoms with van der Waals surface area (Å²) in [6, 6.07) is 21.7. The molecule has 0 saturated heterocycles. The van der Waals surface area contributed by atoms with Gasteiger partial charge in [-0.05, 0) is 102 Å². The van der Waals surface area contributed by atoms with Gasteiger partial charge in [-0.2, -0.15) is 0 Å². The number of nitrogens with zero attached hydrogens (tertiary/aromatic N) is 4. The van der Waals surface area contributed by atoms with E-state index < -0.39 is 11.2 Å². The first kappa shape index (κ1) is 33.2. The zero-order valence-electron chi connectivity index (χ0n) is 26.9. The maximum Gasteiger partial charge on any atom is 0.251 e. The molecule has 46 heavy (non-hydrogen) atoms. The largest absolute Gasteiger partial charge is 0.611 e. The molecule has 10 heteroatoms. The number of amides is 1. The van der Waals surface area contributed by atoms with Crippen LogP contribution in [0.15, 0.2) is 83.5 Å². The highest BCUT2D eigenvalue weighted by Crippen LogP contribution is 2.33. The van der Waals surface area contributed by atoms with Gasteiger partial charge in [-0.3, -0.25) is 4.79 Å². The highest BCUT2D eigenvalue weighted by Gasteiger charge is 2.21. The smallest absolute Gasteiger partial charge is 0.251 e. The number of ether oxygens (including phenoxy) is 2. The summed E-state index contributed by atoms with van der Waals surface area (Å²) in [6.07, 6.45) is 7.44. The van der Waals surface area contributed by atoms with Gasteiger partial charge in [0.05, 0.1) is 6.61 Å². The van der Waals surface area contributed by atoms with Gasteiger partial charge >= 0.3 is 0 Å². The number of benzene rings is 3. The van der Waals surface area contributed by atoms with Crippen molar-refractivity contribution in [2.45, 2.75) is 50.2 Å². The summed E-state index contributed by atoms with van der Waals surface area (Å²) in [6.45, 7) is 7.87. The molecule has 2 heterocycles. The van der Waals surface area contributed by atoms with E-state index in [9.17, 15) is 9.35 Å². The highest BCUT2D eigenvalue weighted by molar-refractivity contribution is 7.90. The molecule has 5 rings (SSSR count). The van der Waals surface area contributed by atoms with Crippen LogP contribution in [0.4, 0.5) is 11.4 Å². The second-order valence-corrected chi connectivity index (χ2v) is 12.8. The number of carbonyl (C=O) groups is 1. The SMILES string of the molecule is CCCCOCCOc1ccc(-c2ccc3c(c2)C=C(C(=O)Nc2ccc([S+]([O-])Cc4nncn4C)cc2)CCN3CCC)cc1. The number of rotatable bonds is 15. The van der Waals surface area contributed by atoms with Crippen molar-refractivity contribution in [3.63, 3.8) is 0 Å². The molecule has 0 spiro atoms. The Hall–Kier alpha value is -4.12. The Kier molecular flexibility index (Phi) is 11.9. The van der Waals surface area contributed by atoms with E-state index in [0.717, 1.165) is 72.7 Å². The van der Waals surface area contributed by atoms with Crippen molar-refractivity contribution >= 4 is 34.5 Å². The van der Waals surface area contributed by atoms with E-state index >= 15 is 0 Å². The van der Waals surface area contributed by atoms with Crippen LogP contribution in [0.25, 0.3) is 17.2 Å². The van der Waals surface area contributed by atoms with Crippen LogP contribution in [-0.4, -0.2) is 58.1 Å². The molecule has 3 aromatic carbocycles. The van der Waals surface area contributed by atoms with E-state index in [0.29, 0.717) is 36.0 Å². The van der Waals surface area contributed by atoms with Crippen LogP contribution < -0.4 is 15.0 Å². The molecule has 1 amide bonds. The molecule has 1 aromatic heterocycles. The standard InChI is InChI=1S/C36H43N5O4S/c1-4-6-20-44-21-22-45-32-12-7-27(8-13-32)28-9-16-34-30(23-28)24-29(17-19-41(34)18-5-2)36(42)38-31-10-14-33(15-11-31)46(43)25-35-39-37-26-40(35)3/h7-16,23-24,26H,4-6,17-22,25H2,1-3H3,(H,38,42). The molecule has 1 aliphatic heterocycles. The Morgan fingerprint density at radius 3 is 2.48 bits per heavy atom. The van der Waals surface area contributed by atoms with Crippen LogP contribution in [0.2, 0.25) is 0 Å². The van der Waals surface area contributed by atoms with E-state index in [2.05, 4.69) is 64.6 Å². The summed E-state index contributed by atoms with van der Waals surface area (Å²) < 4.78 is 26.0. The summed E-state index contributed by atoms with van der Waals surface area (Å²) in [5.41, 5.74) is 5.68. The van der Waals surface area contributed by atoms with Crippen molar-refractivity contribution in [1.29, 1.82) is 0 Å². The third-order valence-electron chi connectivity index (χ3n) is 7.90. The maximum atomic E-state index is 13.5. The molecule has 242 valence electrons. The highest BCUT2D eigenvalue weighted by atomic mass is 32.2. The molecule has 1 atom stereocenters. The van der Waals surface area contributed by atoms with Crippen molar-refractivity contribution in [2.24, 2.45) is 7.05 Å². The van der Waals surface area contributed by atoms with Gasteiger partial charge in [0.15, 0.2) is 16.5 Å². The van der Waals surface area contributed by atoms with E-state index in [1.165, 1.54) is 0 Å². The minimum atomic E-state index is -1.27. The summed E-state index contributed by atoms with van der Waals surface area (Å²) in [5, 5.41) is 10.9. The molecule has 0 fully saturated rings. The first-order valence-electron chi connectivity index (χ1n) is 16.0. The van der Waals surface area contributed by atoms with Crippen molar-refractivity contribution in [2.75, 3.05) is 43.1 Å². The van der Waals surface area contributed by atoms with Crippen LogP contribution in [0, 0.1) is 0 Å². The monoisotopic (exact) mass is 641 g/mol. The molecule has 0 aliphatic carbocycles. The lowest BCUT2D eigenvalue weighted by atomic mass is 10.00. The summed E-state index contributed by atoms with van der Waals surface area (Å²) >= 11 is -1.27. The number of unbranched alkanes of at least 4 members (excludes halogenated alkanes) is 1. The van der Waals surface area contributed by atoms with Gasteiger partial charge in [0.2, 0.25) is 0 Å². The molecule has 0 radical (unpaired) electrons. The third-order valence-corrected chi connectivity index (χ3v) is 9.22. The number of aromatic nitrogens is 3. The van der Waals surface area contributed by atoms with Crippen molar-refractivity contribution in [1.82, 2.24) is 14.8 Å². The van der Waals surface area contributed by atoms with Gasteiger partial charge in [0.25, 0.3) is 5.91 Å². The number of fused-ring (bicyclic) bond motifs is 1. The zero-order chi connectivity index (χ0) is 32.3. The molecule has 1 N–H and O–H groups in total. The minimum absolute atomic E-state index is 0.136. The fourth-order valence-corrected chi connectivity index (χ4v) is 6.41. The van der Waals surface area contributed by atoms with Crippen LogP contribution in [-0.2, 0) is 33.5 Å². The zero-order valence-corrected chi connectivity index (χ0v) is 27.7. The second-order valence-electron chi connectivity index (χ2n) is 11.3. The Morgan fingerprint density at radius 1 is 0.978 bits per heavy atom. The van der Waals surface area contributed by atoms with Gasteiger partial charge in [0, 0.05) is 43.7 Å². The molecular weight excluding hydrogens is 598 g/mol. The molecule has 0 bridgehead atoms. The Labute approximate surface area is 274 Å².